The number of ether oxygens (including phenoxy) is 1. The number of aliphatic hydroxyl groups is 2. The Labute approximate surface area is 221 Å². The number of halogens is 3. The van der Waals surface area contributed by atoms with Crippen molar-refractivity contribution in [1.82, 2.24) is 4.57 Å². The molecule has 1 aliphatic rings. The van der Waals surface area contributed by atoms with Crippen molar-refractivity contribution in [2.75, 3.05) is 23.1 Å². The number of nitrogens with zero attached hydrogens (tertiary/aromatic N) is 3. The fraction of sp³-hybridized carbons (Fsp3) is 0.269. The van der Waals surface area contributed by atoms with E-state index >= 15 is 0 Å². The molecule has 0 spiro atoms. The van der Waals surface area contributed by atoms with Crippen LogP contribution < -0.4 is 20.1 Å². The molecule has 4 rings (SSSR count). The zero-order valence-corrected chi connectivity index (χ0v) is 21.4. The average Bonchev–Trinajstić information content (AvgIpc) is 3.23. The van der Waals surface area contributed by atoms with E-state index in [1.165, 1.54) is 58.5 Å². The lowest BCUT2D eigenvalue weighted by atomic mass is 10.1. The Morgan fingerprint density at radius 1 is 1.08 bits per heavy atom. The fourth-order valence-corrected chi connectivity index (χ4v) is 4.29. The van der Waals surface area contributed by atoms with Gasteiger partial charge in [-0.1, -0.05) is 11.6 Å². The summed E-state index contributed by atoms with van der Waals surface area (Å²) in [7, 11) is 0. The van der Waals surface area contributed by atoms with Gasteiger partial charge in [0.2, 0.25) is 0 Å². The van der Waals surface area contributed by atoms with Gasteiger partial charge in [0.1, 0.15) is 47.9 Å². The van der Waals surface area contributed by atoms with Crippen LogP contribution in [0.25, 0.3) is 5.69 Å². The number of rotatable bonds is 6. The summed E-state index contributed by atoms with van der Waals surface area (Å²) in [6.45, 7) is 2.90. The van der Waals surface area contributed by atoms with E-state index in [9.17, 15) is 33.4 Å². The number of aromatic nitrogens is 1. The smallest absolute Gasteiger partial charge is 0.277 e. The van der Waals surface area contributed by atoms with Crippen molar-refractivity contribution in [2.24, 2.45) is 0 Å². The van der Waals surface area contributed by atoms with E-state index in [1.54, 1.807) is 6.92 Å². The number of aryl methyl sites for hydroxylation is 1. The minimum Gasteiger partial charge on any atom is -0.487 e. The molecule has 38 heavy (non-hydrogen) atoms. The van der Waals surface area contributed by atoms with Gasteiger partial charge in [0.15, 0.2) is 0 Å². The maximum Gasteiger partial charge on any atom is 0.277 e. The van der Waals surface area contributed by atoms with Crippen molar-refractivity contribution in [2.45, 2.75) is 33.0 Å². The number of carbonyl (C=O) groups excluding carboxylic acids is 2. The Morgan fingerprint density at radius 3 is 2.42 bits per heavy atom. The van der Waals surface area contributed by atoms with Gasteiger partial charge < -0.3 is 14.9 Å². The van der Waals surface area contributed by atoms with Crippen LogP contribution in [0.2, 0.25) is 5.02 Å². The van der Waals surface area contributed by atoms with Crippen LogP contribution in [0.3, 0.4) is 0 Å². The molecule has 3 aromatic rings. The van der Waals surface area contributed by atoms with E-state index in [4.69, 9.17) is 16.3 Å². The SMILES string of the molecule is Cc1cc(OCc2ccc(F)cc2F)c(Cl)c(=O)n1-c1ccc2c(c1)N(C(=O)CO)CN2C(=O)C(C)(C)O. The Morgan fingerprint density at radius 2 is 1.79 bits per heavy atom. The highest BCUT2D eigenvalue weighted by atomic mass is 35.5. The number of anilines is 2. The summed E-state index contributed by atoms with van der Waals surface area (Å²) in [4.78, 5) is 40.8. The molecule has 1 aliphatic heterocycles. The van der Waals surface area contributed by atoms with Gasteiger partial charge >= 0.3 is 0 Å². The lowest BCUT2D eigenvalue weighted by molar-refractivity contribution is -0.133. The van der Waals surface area contributed by atoms with Crippen molar-refractivity contribution >= 4 is 34.8 Å². The molecule has 200 valence electrons. The van der Waals surface area contributed by atoms with Gasteiger partial charge in [0.25, 0.3) is 17.4 Å². The van der Waals surface area contributed by atoms with Crippen molar-refractivity contribution in [3.05, 3.63) is 80.7 Å². The number of benzene rings is 2. The van der Waals surface area contributed by atoms with E-state index in [-0.39, 0.29) is 35.3 Å². The molecule has 0 fully saturated rings. The van der Waals surface area contributed by atoms with E-state index in [0.717, 1.165) is 12.1 Å². The number of fused-ring (bicyclic) bond motifs is 1. The van der Waals surface area contributed by atoms with Crippen LogP contribution in [0.5, 0.6) is 5.75 Å². The van der Waals surface area contributed by atoms with Crippen molar-refractivity contribution in [3.8, 4) is 11.4 Å². The van der Waals surface area contributed by atoms with Crippen molar-refractivity contribution in [3.63, 3.8) is 0 Å². The van der Waals surface area contributed by atoms with Gasteiger partial charge in [-0.05, 0) is 51.1 Å². The summed E-state index contributed by atoms with van der Waals surface area (Å²) in [6, 6.07) is 9.04. The highest BCUT2D eigenvalue weighted by Crippen LogP contribution is 2.39. The van der Waals surface area contributed by atoms with Gasteiger partial charge in [0, 0.05) is 23.4 Å². The summed E-state index contributed by atoms with van der Waals surface area (Å²) in [5.41, 5.74) is -1.07. The number of aliphatic hydroxyl groups excluding tert-OH is 1. The standard InChI is InChI=1S/C26H24ClF2N3O6/c1-14-8-21(38-12-15-4-5-16(28)9-18(15)29)23(27)24(35)32(14)17-6-7-19-20(10-17)30(22(34)11-33)13-31(19)25(36)26(2,3)37/h4-10,33,37H,11-13H2,1-3H3. The quantitative estimate of drug-likeness (QED) is 0.490. The van der Waals surface area contributed by atoms with Crippen molar-refractivity contribution in [1.29, 1.82) is 0 Å². The molecular weight excluding hydrogens is 524 g/mol. The van der Waals surface area contributed by atoms with Gasteiger partial charge in [-0.25, -0.2) is 8.78 Å². The second-order valence-corrected chi connectivity index (χ2v) is 9.59. The number of carbonyl (C=O) groups is 2. The molecule has 0 saturated heterocycles. The average molecular weight is 548 g/mol. The highest BCUT2D eigenvalue weighted by Gasteiger charge is 2.39. The molecule has 2 aromatic carbocycles. The van der Waals surface area contributed by atoms with Crippen molar-refractivity contribution < 1.29 is 33.3 Å². The first kappa shape index (κ1) is 27.2. The lowest BCUT2D eigenvalue weighted by Crippen LogP contribution is -2.47. The predicted molar refractivity (Wildman–Crippen MR) is 136 cm³/mol. The van der Waals surface area contributed by atoms with E-state index in [2.05, 4.69) is 0 Å². The summed E-state index contributed by atoms with van der Waals surface area (Å²) in [5, 5.41) is 19.4. The second-order valence-electron chi connectivity index (χ2n) is 9.22. The first-order valence-corrected chi connectivity index (χ1v) is 11.8. The summed E-state index contributed by atoms with van der Waals surface area (Å²) >= 11 is 6.29. The predicted octanol–water partition coefficient (Wildman–Crippen LogP) is 3.06. The third-order valence-electron chi connectivity index (χ3n) is 5.98. The minimum atomic E-state index is -1.72. The fourth-order valence-electron chi connectivity index (χ4n) is 4.09. The van der Waals surface area contributed by atoms with Gasteiger partial charge in [-0.2, -0.15) is 0 Å². The lowest BCUT2D eigenvalue weighted by Gasteiger charge is -2.25. The molecule has 2 N–H and O–H groups in total. The normalized spacial score (nSPS) is 13.1. The van der Waals surface area contributed by atoms with Crippen LogP contribution in [0.1, 0.15) is 25.1 Å². The summed E-state index contributed by atoms with van der Waals surface area (Å²) in [5.74, 6) is -2.88. The summed E-state index contributed by atoms with van der Waals surface area (Å²) in [6.07, 6.45) is 0. The van der Waals surface area contributed by atoms with Crippen LogP contribution in [-0.4, -0.2) is 45.5 Å². The van der Waals surface area contributed by atoms with Gasteiger partial charge in [0.05, 0.1) is 17.1 Å². The Hall–Kier alpha value is -3.80. The second kappa shape index (κ2) is 10.2. The maximum absolute atomic E-state index is 14.0. The monoisotopic (exact) mass is 547 g/mol. The zero-order chi connectivity index (χ0) is 27.9. The van der Waals surface area contributed by atoms with Crippen LogP contribution in [0, 0.1) is 18.6 Å². The molecule has 0 unspecified atom stereocenters. The largest absolute Gasteiger partial charge is 0.487 e. The third kappa shape index (κ3) is 5.00. The first-order chi connectivity index (χ1) is 17.8. The number of hydrogen-bond acceptors (Lipinski definition) is 6. The van der Waals surface area contributed by atoms with E-state index in [1.807, 2.05) is 0 Å². The van der Waals surface area contributed by atoms with Crippen LogP contribution in [-0.2, 0) is 16.2 Å². The number of amides is 2. The van der Waals surface area contributed by atoms with Crippen LogP contribution in [0.4, 0.5) is 20.2 Å². The summed E-state index contributed by atoms with van der Waals surface area (Å²) < 4.78 is 33.9. The number of pyridine rings is 1. The molecule has 0 atom stereocenters. The number of hydrogen-bond donors (Lipinski definition) is 2. The molecule has 0 aliphatic carbocycles. The molecular formula is C26H24ClF2N3O6. The molecule has 2 heterocycles. The molecule has 12 heteroatoms. The molecule has 9 nitrogen and oxygen atoms in total. The Kier molecular flexibility index (Phi) is 7.29. The molecule has 1 aromatic heterocycles. The molecule has 0 radical (unpaired) electrons. The molecule has 0 saturated carbocycles. The van der Waals surface area contributed by atoms with Crippen LogP contribution in [0.15, 0.2) is 47.3 Å². The van der Waals surface area contributed by atoms with E-state index in [0.29, 0.717) is 17.1 Å². The third-order valence-corrected chi connectivity index (χ3v) is 6.33. The topological polar surface area (TPSA) is 112 Å². The molecule has 2 amide bonds. The van der Waals surface area contributed by atoms with E-state index < -0.39 is 41.2 Å². The van der Waals surface area contributed by atoms with Gasteiger partial charge in [-0.15, -0.1) is 0 Å². The minimum absolute atomic E-state index is 0.00524. The van der Waals surface area contributed by atoms with Gasteiger partial charge in [-0.3, -0.25) is 28.8 Å². The zero-order valence-electron chi connectivity index (χ0n) is 20.7. The molecule has 0 bridgehead atoms. The van der Waals surface area contributed by atoms with Crippen LogP contribution >= 0.6 is 11.6 Å². The maximum atomic E-state index is 14.0. The Balaban J connectivity index is 1.72. The Bertz CT molecular complexity index is 1500. The highest BCUT2D eigenvalue weighted by molar-refractivity contribution is 6.31. The first-order valence-electron chi connectivity index (χ1n) is 11.4.